The van der Waals surface area contributed by atoms with Gasteiger partial charge in [-0.3, -0.25) is 9.59 Å². The Morgan fingerprint density at radius 2 is 1.81 bits per heavy atom. The Morgan fingerprint density at radius 1 is 1.04 bits per heavy atom. The molecule has 5 heteroatoms. The number of piperidine rings is 1. The number of amides is 2. The summed E-state index contributed by atoms with van der Waals surface area (Å²) in [6.45, 7) is 6.95. The molecule has 0 bridgehead atoms. The lowest BCUT2D eigenvalue weighted by atomic mass is 9.94. The summed E-state index contributed by atoms with van der Waals surface area (Å²) in [7, 11) is 0. The van der Waals surface area contributed by atoms with Gasteiger partial charge in [0.25, 0.3) is 5.91 Å². The molecule has 0 aliphatic carbocycles. The van der Waals surface area contributed by atoms with E-state index in [1.807, 2.05) is 47.1 Å². The van der Waals surface area contributed by atoms with E-state index >= 15 is 0 Å². The quantitative estimate of drug-likeness (QED) is 0.820. The van der Waals surface area contributed by atoms with E-state index in [-0.39, 0.29) is 23.8 Å². The standard InChI is InChI=1S/C22H27N3O2/c1-16-7-9-18(10-8-16)21(26)24-12-3-5-19(15-24)22(27)25-14-13-23-11-4-6-20(23)17(25)2/h4,6-11,17,19H,3,5,12-15H2,1-2H3/t17-,19+/m1/s1. The molecule has 0 unspecified atom stereocenters. The highest BCUT2D eigenvalue weighted by Crippen LogP contribution is 2.29. The molecule has 27 heavy (non-hydrogen) atoms. The summed E-state index contributed by atoms with van der Waals surface area (Å²) in [5, 5.41) is 0. The number of rotatable bonds is 2. The summed E-state index contributed by atoms with van der Waals surface area (Å²) in [6, 6.07) is 11.9. The second-order valence-corrected chi connectivity index (χ2v) is 7.79. The van der Waals surface area contributed by atoms with Gasteiger partial charge in [-0.1, -0.05) is 17.7 Å². The first kappa shape index (κ1) is 17.8. The van der Waals surface area contributed by atoms with E-state index in [1.54, 1.807) is 0 Å². The van der Waals surface area contributed by atoms with Gasteiger partial charge in [0.15, 0.2) is 0 Å². The smallest absolute Gasteiger partial charge is 0.253 e. The summed E-state index contributed by atoms with van der Waals surface area (Å²) in [5.74, 6) is 0.126. The number of carbonyl (C=O) groups is 2. The fourth-order valence-corrected chi connectivity index (χ4v) is 4.36. The van der Waals surface area contributed by atoms with Gasteiger partial charge >= 0.3 is 0 Å². The number of nitrogens with zero attached hydrogens (tertiary/aromatic N) is 3. The zero-order valence-electron chi connectivity index (χ0n) is 16.1. The maximum absolute atomic E-state index is 13.2. The highest BCUT2D eigenvalue weighted by atomic mass is 16.2. The molecule has 142 valence electrons. The first-order valence-corrected chi connectivity index (χ1v) is 9.86. The van der Waals surface area contributed by atoms with Crippen LogP contribution in [0.4, 0.5) is 0 Å². The van der Waals surface area contributed by atoms with Crippen molar-refractivity contribution in [2.75, 3.05) is 19.6 Å². The Bertz CT molecular complexity index is 839. The van der Waals surface area contributed by atoms with Crippen LogP contribution < -0.4 is 0 Å². The third-order valence-electron chi connectivity index (χ3n) is 5.98. The van der Waals surface area contributed by atoms with Crippen molar-refractivity contribution in [3.05, 3.63) is 59.4 Å². The maximum Gasteiger partial charge on any atom is 0.253 e. The number of carbonyl (C=O) groups excluding carboxylic acids is 2. The van der Waals surface area contributed by atoms with Gasteiger partial charge in [0.2, 0.25) is 5.91 Å². The topological polar surface area (TPSA) is 45.6 Å². The Morgan fingerprint density at radius 3 is 2.59 bits per heavy atom. The van der Waals surface area contributed by atoms with E-state index in [4.69, 9.17) is 0 Å². The van der Waals surface area contributed by atoms with Crippen molar-refractivity contribution in [1.29, 1.82) is 0 Å². The van der Waals surface area contributed by atoms with Crippen molar-refractivity contribution < 1.29 is 9.59 Å². The van der Waals surface area contributed by atoms with Crippen LogP contribution in [0.2, 0.25) is 0 Å². The van der Waals surface area contributed by atoms with E-state index < -0.39 is 0 Å². The minimum absolute atomic E-state index is 0.0352. The Labute approximate surface area is 160 Å². The van der Waals surface area contributed by atoms with Crippen molar-refractivity contribution in [1.82, 2.24) is 14.4 Å². The number of fused-ring (bicyclic) bond motifs is 1. The average Bonchev–Trinajstić information content (AvgIpc) is 3.18. The van der Waals surface area contributed by atoms with Crippen molar-refractivity contribution in [3.63, 3.8) is 0 Å². The molecule has 2 amide bonds. The summed E-state index contributed by atoms with van der Waals surface area (Å²) in [4.78, 5) is 29.9. The summed E-state index contributed by atoms with van der Waals surface area (Å²) in [6.07, 6.45) is 3.82. The fourth-order valence-electron chi connectivity index (χ4n) is 4.36. The molecule has 0 radical (unpaired) electrons. The molecule has 0 spiro atoms. The molecule has 2 aliphatic rings. The van der Waals surface area contributed by atoms with Crippen LogP contribution in [0.5, 0.6) is 0 Å². The van der Waals surface area contributed by atoms with Gasteiger partial charge in [-0.05, 0) is 51.0 Å². The van der Waals surface area contributed by atoms with Crippen LogP contribution in [0.1, 0.15) is 47.4 Å². The highest BCUT2D eigenvalue weighted by Gasteiger charge is 2.35. The Kier molecular flexibility index (Phi) is 4.77. The van der Waals surface area contributed by atoms with Gasteiger partial charge < -0.3 is 14.4 Å². The molecule has 4 rings (SSSR count). The number of benzene rings is 1. The first-order chi connectivity index (χ1) is 13.0. The van der Waals surface area contributed by atoms with Crippen molar-refractivity contribution >= 4 is 11.8 Å². The van der Waals surface area contributed by atoms with Crippen LogP contribution in [-0.2, 0) is 11.3 Å². The van der Waals surface area contributed by atoms with Crippen LogP contribution in [0, 0.1) is 12.8 Å². The molecule has 0 saturated carbocycles. The molecule has 3 heterocycles. The van der Waals surface area contributed by atoms with Gasteiger partial charge in [0.1, 0.15) is 0 Å². The van der Waals surface area contributed by atoms with E-state index in [9.17, 15) is 9.59 Å². The molecule has 2 atom stereocenters. The predicted molar refractivity (Wildman–Crippen MR) is 104 cm³/mol. The molecule has 2 aromatic rings. The molecule has 1 fully saturated rings. The summed E-state index contributed by atoms with van der Waals surface area (Å²) in [5.41, 5.74) is 3.04. The zero-order chi connectivity index (χ0) is 19.0. The molecular formula is C22H27N3O2. The fraction of sp³-hybridized carbons (Fsp3) is 0.455. The molecule has 1 aromatic heterocycles. The highest BCUT2D eigenvalue weighted by molar-refractivity contribution is 5.94. The SMILES string of the molecule is Cc1ccc(C(=O)N2CCC[C@H](C(=O)N3CCn4cccc4[C@H]3C)C2)cc1. The van der Waals surface area contributed by atoms with E-state index in [2.05, 4.69) is 23.8 Å². The van der Waals surface area contributed by atoms with Crippen LogP contribution in [0.3, 0.4) is 0 Å². The largest absolute Gasteiger partial charge is 0.348 e. The van der Waals surface area contributed by atoms with Gasteiger partial charge in [0.05, 0.1) is 12.0 Å². The van der Waals surface area contributed by atoms with Crippen molar-refractivity contribution in [3.8, 4) is 0 Å². The number of hydrogen-bond donors (Lipinski definition) is 0. The minimum atomic E-state index is -0.0999. The minimum Gasteiger partial charge on any atom is -0.348 e. The van der Waals surface area contributed by atoms with Gasteiger partial charge in [-0.25, -0.2) is 0 Å². The van der Waals surface area contributed by atoms with E-state index in [0.29, 0.717) is 12.1 Å². The van der Waals surface area contributed by atoms with Crippen molar-refractivity contribution in [2.45, 2.75) is 39.3 Å². The summed E-state index contributed by atoms with van der Waals surface area (Å²) < 4.78 is 2.22. The molecule has 5 nitrogen and oxygen atoms in total. The second kappa shape index (κ2) is 7.22. The Hall–Kier alpha value is -2.56. The van der Waals surface area contributed by atoms with E-state index in [0.717, 1.165) is 38.0 Å². The van der Waals surface area contributed by atoms with Crippen LogP contribution in [0.25, 0.3) is 0 Å². The first-order valence-electron chi connectivity index (χ1n) is 9.86. The van der Waals surface area contributed by atoms with Crippen LogP contribution >= 0.6 is 0 Å². The van der Waals surface area contributed by atoms with Gasteiger partial charge in [0, 0.05) is 43.6 Å². The van der Waals surface area contributed by atoms with Gasteiger partial charge in [-0.2, -0.15) is 0 Å². The molecular weight excluding hydrogens is 338 g/mol. The average molecular weight is 365 g/mol. The second-order valence-electron chi connectivity index (χ2n) is 7.79. The maximum atomic E-state index is 13.2. The molecule has 2 aliphatic heterocycles. The number of aryl methyl sites for hydroxylation is 1. The lowest BCUT2D eigenvalue weighted by molar-refractivity contribution is -0.140. The van der Waals surface area contributed by atoms with E-state index in [1.165, 1.54) is 5.69 Å². The van der Waals surface area contributed by atoms with Crippen LogP contribution in [0.15, 0.2) is 42.6 Å². The van der Waals surface area contributed by atoms with Crippen LogP contribution in [-0.4, -0.2) is 45.8 Å². The summed E-state index contributed by atoms with van der Waals surface area (Å²) >= 11 is 0. The molecule has 1 saturated heterocycles. The Balaban J connectivity index is 1.46. The monoisotopic (exact) mass is 365 g/mol. The number of hydrogen-bond acceptors (Lipinski definition) is 2. The van der Waals surface area contributed by atoms with Gasteiger partial charge in [-0.15, -0.1) is 0 Å². The lowest BCUT2D eigenvalue weighted by Crippen LogP contribution is -2.49. The molecule has 1 aromatic carbocycles. The predicted octanol–water partition coefficient (Wildman–Crippen LogP) is 3.25. The number of likely N-dealkylation sites (tertiary alicyclic amines) is 1. The normalized spacial score (nSPS) is 22.4. The third kappa shape index (κ3) is 3.38. The van der Waals surface area contributed by atoms with Crippen molar-refractivity contribution in [2.24, 2.45) is 5.92 Å². The third-order valence-corrected chi connectivity index (χ3v) is 5.98. The lowest BCUT2D eigenvalue weighted by Gasteiger charge is -2.39. The zero-order valence-corrected chi connectivity index (χ0v) is 16.1. The molecule has 0 N–H and O–H groups in total. The number of aromatic nitrogens is 1.